The van der Waals surface area contributed by atoms with E-state index in [1.165, 1.54) is 40.7 Å². The van der Waals surface area contributed by atoms with Gasteiger partial charge in [0.15, 0.2) is 0 Å². The summed E-state index contributed by atoms with van der Waals surface area (Å²) in [6, 6.07) is 7.24. The maximum absolute atomic E-state index is 13.4. The number of benzene rings is 1. The molecule has 1 aliphatic rings. The zero-order valence-corrected chi connectivity index (χ0v) is 17.3. The number of rotatable bonds is 4. The van der Waals surface area contributed by atoms with Crippen molar-refractivity contribution in [1.29, 1.82) is 0 Å². The second kappa shape index (κ2) is 8.17. The molecule has 3 heterocycles. The Hall–Kier alpha value is -3.75. The highest BCUT2D eigenvalue weighted by molar-refractivity contribution is 5.95. The van der Waals surface area contributed by atoms with E-state index in [1.807, 2.05) is 0 Å². The Balaban J connectivity index is 1.82. The fourth-order valence-electron chi connectivity index (χ4n) is 3.83. The summed E-state index contributed by atoms with van der Waals surface area (Å²) < 4.78 is 14.8. The Labute approximate surface area is 177 Å². The van der Waals surface area contributed by atoms with Gasteiger partial charge in [0.1, 0.15) is 11.4 Å². The fourth-order valence-corrected chi connectivity index (χ4v) is 3.83. The van der Waals surface area contributed by atoms with Crippen molar-refractivity contribution in [2.24, 2.45) is 0 Å². The third-order valence-electron chi connectivity index (χ3n) is 5.48. The highest BCUT2D eigenvalue weighted by Gasteiger charge is 2.29. The number of pyridine rings is 1. The number of hydrogen-bond acceptors (Lipinski definition) is 4. The number of nitrogens with one attached hydrogen (secondary N) is 1. The van der Waals surface area contributed by atoms with Crippen molar-refractivity contribution >= 4 is 11.8 Å². The van der Waals surface area contributed by atoms with E-state index in [0.717, 1.165) is 11.3 Å². The molecule has 1 aliphatic heterocycles. The monoisotopic (exact) mass is 423 g/mol. The summed E-state index contributed by atoms with van der Waals surface area (Å²) in [5.74, 6) is -0.911. The van der Waals surface area contributed by atoms with Crippen LogP contribution in [0.4, 0.5) is 4.39 Å². The lowest BCUT2D eigenvalue weighted by Gasteiger charge is -2.30. The van der Waals surface area contributed by atoms with Gasteiger partial charge in [-0.3, -0.25) is 24.0 Å². The summed E-state index contributed by atoms with van der Waals surface area (Å²) in [6.45, 7) is 2.49. The first-order valence-electron chi connectivity index (χ1n) is 9.87. The first-order valence-corrected chi connectivity index (χ1v) is 9.87. The molecular formula is C22H22FN5O3. The largest absolute Gasteiger partial charge is 0.338 e. The van der Waals surface area contributed by atoms with Gasteiger partial charge in [-0.25, -0.2) is 4.39 Å². The highest BCUT2D eigenvalue weighted by Crippen LogP contribution is 2.23. The molecular weight excluding hydrogens is 401 g/mol. The molecule has 1 N–H and O–H groups in total. The van der Waals surface area contributed by atoms with Crippen molar-refractivity contribution in [3.63, 3.8) is 0 Å². The summed E-state index contributed by atoms with van der Waals surface area (Å²) in [7, 11) is 1.62. The van der Waals surface area contributed by atoms with Crippen LogP contribution in [-0.2, 0) is 24.3 Å². The van der Waals surface area contributed by atoms with Crippen LogP contribution in [0.1, 0.15) is 34.1 Å². The molecule has 1 aromatic carbocycles. The van der Waals surface area contributed by atoms with Crippen LogP contribution in [0.15, 0.2) is 47.5 Å². The van der Waals surface area contributed by atoms with Crippen LogP contribution in [0.25, 0.3) is 5.69 Å². The zero-order valence-electron chi connectivity index (χ0n) is 17.3. The van der Waals surface area contributed by atoms with Crippen LogP contribution < -0.4 is 5.56 Å². The normalized spacial score (nSPS) is 13.1. The fraction of sp³-hybridized carbons (Fsp3) is 0.273. The van der Waals surface area contributed by atoms with E-state index >= 15 is 0 Å². The van der Waals surface area contributed by atoms with E-state index in [2.05, 4.69) is 10.2 Å². The Morgan fingerprint density at radius 1 is 1.23 bits per heavy atom. The molecule has 2 amide bonds. The second-order valence-electron chi connectivity index (χ2n) is 7.59. The van der Waals surface area contributed by atoms with Gasteiger partial charge in [-0.2, -0.15) is 5.10 Å². The number of fused-ring (bicyclic) bond motifs is 1. The summed E-state index contributed by atoms with van der Waals surface area (Å²) in [5.41, 5.74) is 2.17. The van der Waals surface area contributed by atoms with Gasteiger partial charge in [0.25, 0.3) is 11.5 Å². The second-order valence-corrected chi connectivity index (χ2v) is 7.59. The van der Waals surface area contributed by atoms with Crippen molar-refractivity contribution < 1.29 is 14.0 Å². The lowest BCUT2D eigenvalue weighted by molar-refractivity contribution is -0.129. The van der Waals surface area contributed by atoms with Crippen LogP contribution in [0.2, 0.25) is 0 Å². The lowest BCUT2D eigenvalue weighted by atomic mass is 9.95. The van der Waals surface area contributed by atoms with E-state index in [-0.39, 0.29) is 18.0 Å². The number of H-pyrrole nitrogens is 1. The van der Waals surface area contributed by atoms with Gasteiger partial charge in [-0.05, 0) is 47.9 Å². The van der Waals surface area contributed by atoms with Gasteiger partial charge in [0.05, 0.1) is 12.2 Å². The number of carbonyl (C=O) groups excluding carboxylic acids is 2. The first-order chi connectivity index (χ1) is 14.8. The Bertz CT molecular complexity index is 1190. The molecule has 160 valence electrons. The van der Waals surface area contributed by atoms with Crippen LogP contribution >= 0.6 is 0 Å². The van der Waals surface area contributed by atoms with Crippen molar-refractivity contribution in [3.05, 3.63) is 81.3 Å². The minimum Gasteiger partial charge on any atom is -0.338 e. The number of nitrogens with zero attached hydrogens (tertiary/aromatic N) is 4. The average molecular weight is 423 g/mol. The van der Waals surface area contributed by atoms with Crippen molar-refractivity contribution in [2.45, 2.75) is 26.4 Å². The maximum atomic E-state index is 13.4. The van der Waals surface area contributed by atoms with Crippen molar-refractivity contribution in [1.82, 2.24) is 24.6 Å². The predicted octanol–water partition coefficient (Wildman–Crippen LogP) is 1.88. The maximum Gasteiger partial charge on any atom is 0.268 e. The van der Waals surface area contributed by atoms with E-state index < -0.39 is 17.3 Å². The lowest BCUT2D eigenvalue weighted by Crippen LogP contribution is -2.40. The summed E-state index contributed by atoms with van der Waals surface area (Å²) in [4.78, 5) is 41.8. The van der Waals surface area contributed by atoms with E-state index in [4.69, 9.17) is 0 Å². The molecule has 0 aliphatic carbocycles. The predicted molar refractivity (Wildman–Crippen MR) is 111 cm³/mol. The molecule has 0 saturated carbocycles. The third kappa shape index (κ3) is 3.98. The van der Waals surface area contributed by atoms with Gasteiger partial charge in [-0.15, -0.1) is 0 Å². The van der Waals surface area contributed by atoms with E-state index in [0.29, 0.717) is 30.8 Å². The Kier molecular flexibility index (Phi) is 5.41. The molecule has 0 radical (unpaired) electrons. The molecule has 2 aromatic heterocycles. The number of carbonyl (C=O) groups is 2. The number of amides is 2. The molecule has 3 aromatic rings. The van der Waals surface area contributed by atoms with Crippen LogP contribution in [-0.4, -0.2) is 50.0 Å². The summed E-state index contributed by atoms with van der Waals surface area (Å²) in [6.07, 6.45) is 3.65. The van der Waals surface area contributed by atoms with E-state index in [9.17, 15) is 18.8 Å². The molecule has 0 saturated heterocycles. The average Bonchev–Trinajstić information content (AvgIpc) is 3.26. The summed E-state index contributed by atoms with van der Waals surface area (Å²) >= 11 is 0. The molecule has 4 rings (SSSR count). The zero-order chi connectivity index (χ0) is 22.1. The molecule has 0 atom stereocenters. The first kappa shape index (κ1) is 20.5. The number of halogens is 1. The molecule has 0 fully saturated rings. The van der Waals surface area contributed by atoms with Crippen LogP contribution in [0, 0.1) is 5.82 Å². The standard InChI is InChI=1S/C22H22FN5O3/c1-14(29)27-10-8-19-15(11-27)12-28(18-5-3-16(23)4-6-18)22(31)20(19)21(30)26(2)13-17-7-9-24-25-17/h3-7,9,12H,8,10-11,13H2,1-2H3,(H,24,25). The minimum absolute atomic E-state index is 0.0746. The van der Waals surface area contributed by atoms with Gasteiger partial charge in [-0.1, -0.05) is 0 Å². The van der Waals surface area contributed by atoms with E-state index in [1.54, 1.807) is 30.4 Å². The number of hydrogen-bond donors (Lipinski definition) is 1. The Morgan fingerprint density at radius 2 is 1.97 bits per heavy atom. The quantitative estimate of drug-likeness (QED) is 0.694. The van der Waals surface area contributed by atoms with Crippen LogP contribution in [0.3, 0.4) is 0 Å². The van der Waals surface area contributed by atoms with Crippen molar-refractivity contribution in [3.8, 4) is 5.69 Å². The SMILES string of the molecule is CC(=O)N1CCc2c(cn(-c3ccc(F)cc3)c(=O)c2C(=O)N(C)Cc2ccn[nH]2)C1. The Morgan fingerprint density at radius 3 is 2.61 bits per heavy atom. The summed E-state index contributed by atoms with van der Waals surface area (Å²) in [5, 5.41) is 6.69. The highest BCUT2D eigenvalue weighted by atomic mass is 19.1. The molecule has 8 nitrogen and oxygen atoms in total. The molecule has 0 unspecified atom stereocenters. The molecule has 0 bridgehead atoms. The topological polar surface area (TPSA) is 91.3 Å². The van der Waals surface area contributed by atoms with Crippen molar-refractivity contribution in [2.75, 3.05) is 13.6 Å². The smallest absolute Gasteiger partial charge is 0.268 e. The number of aromatic amines is 1. The molecule has 31 heavy (non-hydrogen) atoms. The molecule has 9 heteroatoms. The van der Waals surface area contributed by atoms with Gasteiger partial charge < -0.3 is 9.80 Å². The van der Waals surface area contributed by atoms with Crippen LogP contribution in [0.5, 0.6) is 0 Å². The van der Waals surface area contributed by atoms with Gasteiger partial charge in [0, 0.05) is 45.1 Å². The molecule has 0 spiro atoms. The number of aromatic nitrogens is 3. The van der Waals surface area contributed by atoms with Gasteiger partial charge >= 0.3 is 0 Å². The van der Waals surface area contributed by atoms with Gasteiger partial charge in [0.2, 0.25) is 5.91 Å². The minimum atomic E-state index is -0.469. The third-order valence-corrected chi connectivity index (χ3v) is 5.48.